The van der Waals surface area contributed by atoms with Gasteiger partial charge in [-0.3, -0.25) is 0 Å². The van der Waals surface area contributed by atoms with E-state index in [4.69, 9.17) is 9.39 Å². The molecule has 0 unspecified atom stereocenters. The van der Waals surface area contributed by atoms with Crippen LogP contribution in [0.25, 0.3) is 0 Å². The summed E-state index contributed by atoms with van der Waals surface area (Å²) in [5.41, 5.74) is 0. The van der Waals surface area contributed by atoms with Crippen LogP contribution in [0.3, 0.4) is 0 Å². The van der Waals surface area contributed by atoms with E-state index in [9.17, 15) is 8.42 Å². The van der Waals surface area contributed by atoms with Crippen molar-refractivity contribution in [2.24, 2.45) is 0 Å². The van der Waals surface area contributed by atoms with Crippen molar-refractivity contribution >= 4 is 39.7 Å². The van der Waals surface area contributed by atoms with E-state index < -0.39 is 10.1 Å². The van der Waals surface area contributed by atoms with Gasteiger partial charge < -0.3 is 10.4 Å². The summed E-state index contributed by atoms with van der Waals surface area (Å²) >= 11 is 0. The van der Waals surface area contributed by atoms with E-state index in [1.54, 1.807) is 0 Å². The minimum absolute atomic E-state index is 0. The topological polar surface area (TPSA) is 78.9 Å². The Bertz CT molecular complexity index is 267. The number of unbranched alkanes of at least 4 members (excludes halogenated alkanes) is 1. The summed E-state index contributed by atoms with van der Waals surface area (Å²) in [6, 6.07) is 0. The summed E-state index contributed by atoms with van der Waals surface area (Å²) in [5.74, 6) is -0.0303. The van der Waals surface area contributed by atoms with Gasteiger partial charge in [0, 0.05) is 32.8 Å². The normalized spacial score (nSPS) is 18.1. The molecule has 0 aromatic carbocycles. The molecule has 92 valence electrons. The molecule has 0 radical (unpaired) electrons. The number of aliphatic hydroxyl groups excluding tert-OH is 1. The molecule has 0 amide bonds. The molecule has 1 rings (SSSR count). The average Bonchev–Trinajstić information content (AvgIpc) is 2.18. The Kier molecular flexibility index (Phi) is 9.25. The summed E-state index contributed by atoms with van der Waals surface area (Å²) in [5, 5.41) is 13.1. The second kappa shape index (κ2) is 8.82. The van der Waals surface area contributed by atoms with Gasteiger partial charge in [0.1, 0.15) is 0 Å². The third-order valence-corrected chi connectivity index (χ3v) is 3.32. The Morgan fingerprint density at radius 2 is 1.88 bits per heavy atom. The fourth-order valence-electron chi connectivity index (χ4n) is 1.31. The van der Waals surface area contributed by atoms with Crippen LogP contribution in [0.4, 0.5) is 0 Å². The molecule has 0 saturated carbocycles. The molecule has 1 fully saturated rings. The molecule has 1 heterocycles. The number of piperazine rings is 1. The van der Waals surface area contributed by atoms with Gasteiger partial charge in [-0.2, -0.15) is 17.8 Å². The molecule has 0 atom stereocenters. The van der Waals surface area contributed by atoms with Crippen molar-refractivity contribution in [3.8, 4) is 0 Å². The van der Waals surface area contributed by atoms with Gasteiger partial charge in [0.05, 0.1) is 5.75 Å². The molecule has 16 heavy (non-hydrogen) atoms. The fraction of sp³-hybridized carbons (Fsp3) is 1.00. The van der Waals surface area contributed by atoms with Crippen LogP contribution < -0.4 is 5.32 Å². The molecule has 6 nitrogen and oxygen atoms in total. The Labute approximate surface area is 119 Å². The van der Waals surface area contributed by atoms with Gasteiger partial charge in [0.15, 0.2) is 0 Å². The van der Waals surface area contributed by atoms with Gasteiger partial charge in [0.25, 0.3) is 10.1 Å². The van der Waals surface area contributed by atoms with Gasteiger partial charge in [-0.1, -0.05) is 0 Å². The Morgan fingerprint density at radius 3 is 2.44 bits per heavy atom. The molecule has 1 saturated heterocycles. The molecule has 1 aliphatic rings. The van der Waals surface area contributed by atoms with E-state index in [-0.39, 0.29) is 41.9 Å². The van der Waals surface area contributed by atoms with Gasteiger partial charge in [-0.05, 0) is 12.8 Å². The van der Waals surface area contributed by atoms with E-state index in [1.165, 1.54) is 5.06 Å². The van der Waals surface area contributed by atoms with Crippen molar-refractivity contribution in [1.82, 2.24) is 10.4 Å². The minimum atomic E-state index is -3.47. The Balaban J connectivity index is 0.00000225. The first-order valence-electron chi connectivity index (χ1n) is 5.13. The van der Waals surface area contributed by atoms with E-state index >= 15 is 0 Å². The molecule has 8 heteroatoms. The zero-order valence-electron chi connectivity index (χ0n) is 8.68. The van der Waals surface area contributed by atoms with Crippen LogP contribution in [-0.2, 0) is 14.4 Å². The second-order valence-electron chi connectivity index (χ2n) is 3.45. The molecular weight excluding hydrogens is 243 g/mol. The third kappa shape index (κ3) is 7.18. The fourth-order valence-corrected chi connectivity index (χ4v) is 2.41. The van der Waals surface area contributed by atoms with Crippen molar-refractivity contribution < 1.29 is 17.8 Å². The van der Waals surface area contributed by atoms with E-state index in [1.807, 2.05) is 0 Å². The monoisotopic (exact) mass is 262 g/mol. The molecule has 0 aliphatic carbocycles. The number of rotatable bonds is 6. The van der Waals surface area contributed by atoms with Crippen LogP contribution in [0.2, 0.25) is 0 Å². The number of hydroxylamine groups is 2. The summed E-state index contributed by atoms with van der Waals surface area (Å²) in [7, 11) is -3.47. The van der Waals surface area contributed by atoms with Crippen LogP contribution in [0.1, 0.15) is 12.8 Å². The standard InChI is InChI=1S/C8H18N2O4S.Na.H/c11-7-1-2-8-15(12,13)14-10-5-3-9-4-6-10;;/h9,11H,1-8H2;;. The second-order valence-corrected chi connectivity index (χ2v) is 5.12. The summed E-state index contributed by atoms with van der Waals surface area (Å²) in [4.78, 5) is 0. The van der Waals surface area contributed by atoms with E-state index in [2.05, 4.69) is 5.32 Å². The number of hydrogen-bond donors (Lipinski definition) is 2. The van der Waals surface area contributed by atoms with Crippen LogP contribution in [-0.4, -0.2) is 86.7 Å². The van der Waals surface area contributed by atoms with Crippen LogP contribution in [0, 0.1) is 0 Å². The van der Waals surface area contributed by atoms with Crippen molar-refractivity contribution in [3.63, 3.8) is 0 Å². The van der Waals surface area contributed by atoms with Gasteiger partial charge >= 0.3 is 29.6 Å². The summed E-state index contributed by atoms with van der Waals surface area (Å²) in [6.45, 7) is 2.67. The molecular formula is C8H19N2NaO4S. The zero-order chi connectivity index (χ0) is 11.1. The maximum absolute atomic E-state index is 11.4. The van der Waals surface area contributed by atoms with E-state index in [0.717, 1.165) is 13.1 Å². The molecule has 0 bridgehead atoms. The number of nitrogens with zero attached hydrogens (tertiary/aromatic N) is 1. The molecule has 0 aromatic heterocycles. The van der Waals surface area contributed by atoms with Crippen molar-refractivity contribution in [1.29, 1.82) is 0 Å². The quantitative estimate of drug-likeness (QED) is 0.438. The van der Waals surface area contributed by atoms with Crippen LogP contribution in [0.5, 0.6) is 0 Å². The third-order valence-electron chi connectivity index (χ3n) is 2.10. The molecule has 0 aromatic rings. The summed E-state index contributed by atoms with van der Waals surface area (Å²) < 4.78 is 27.7. The first kappa shape index (κ1) is 16.8. The van der Waals surface area contributed by atoms with Gasteiger partial charge in [0.2, 0.25) is 0 Å². The zero-order valence-corrected chi connectivity index (χ0v) is 9.50. The van der Waals surface area contributed by atoms with Crippen LogP contribution in [0.15, 0.2) is 0 Å². The van der Waals surface area contributed by atoms with Gasteiger partial charge in [-0.15, -0.1) is 0 Å². The van der Waals surface area contributed by atoms with Crippen LogP contribution >= 0.6 is 0 Å². The Morgan fingerprint density at radius 1 is 1.25 bits per heavy atom. The predicted molar refractivity (Wildman–Crippen MR) is 62.8 cm³/mol. The average molecular weight is 262 g/mol. The van der Waals surface area contributed by atoms with Gasteiger partial charge in [-0.25, -0.2) is 0 Å². The maximum atomic E-state index is 11.4. The van der Waals surface area contributed by atoms with Crippen molar-refractivity contribution in [2.45, 2.75) is 12.8 Å². The Hall–Kier alpha value is 0.790. The molecule has 0 spiro atoms. The number of hydrogen-bond acceptors (Lipinski definition) is 6. The van der Waals surface area contributed by atoms with Crippen molar-refractivity contribution in [2.75, 3.05) is 38.5 Å². The summed E-state index contributed by atoms with van der Waals surface area (Å²) in [6.07, 6.45) is 0.926. The van der Waals surface area contributed by atoms with E-state index in [0.29, 0.717) is 25.9 Å². The number of nitrogens with one attached hydrogen (secondary N) is 1. The molecule has 1 aliphatic heterocycles. The first-order valence-corrected chi connectivity index (χ1v) is 6.70. The number of aliphatic hydroxyl groups is 1. The van der Waals surface area contributed by atoms with Crippen molar-refractivity contribution in [3.05, 3.63) is 0 Å². The SMILES string of the molecule is O=S(=O)(CCCCO)ON1CCNCC1.[NaH]. The first-order chi connectivity index (χ1) is 7.14. The molecule has 2 N–H and O–H groups in total. The predicted octanol–water partition coefficient (Wildman–Crippen LogP) is -1.72.